The summed E-state index contributed by atoms with van der Waals surface area (Å²) in [6.07, 6.45) is 0. The summed E-state index contributed by atoms with van der Waals surface area (Å²) in [7, 11) is -2.99. The van der Waals surface area contributed by atoms with Gasteiger partial charge >= 0.3 is 0 Å². The van der Waals surface area contributed by atoms with E-state index in [0.717, 1.165) is 33.2 Å². The van der Waals surface area contributed by atoms with Crippen molar-refractivity contribution < 1.29 is 0 Å². The van der Waals surface area contributed by atoms with Crippen LogP contribution in [0.5, 0.6) is 0 Å². The lowest BCUT2D eigenvalue weighted by Gasteiger charge is -2.35. The van der Waals surface area contributed by atoms with Crippen molar-refractivity contribution in [3.63, 3.8) is 0 Å². The number of fused-ring (bicyclic) bond motifs is 6. The van der Waals surface area contributed by atoms with Crippen LogP contribution in [-0.2, 0) is 0 Å². The van der Waals surface area contributed by atoms with Crippen LogP contribution in [-0.4, -0.2) is 17.2 Å². The van der Waals surface area contributed by atoms with Crippen LogP contribution in [0.4, 0.5) is 0 Å². The van der Waals surface area contributed by atoms with Crippen molar-refractivity contribution in [2.45, 2.75) is 0 Å². The van der Waals surface area contributed by atoms with Gasteiger partial charge in [0.25, 0.3) is 0 Å². The number of rotatable bonds is 6. The van der Waals surface area contributed by atoms with Gasteiger partial charge in [-0.1, -0.05) is 121 Å². The molecule has 0 spiro atoms. The second-order valence-corrected chi connectivity index (χ2v) is 17.8. The lowest BCUT2D eigenvalue weighted by Crippen LogP contribution is -2.74. The highest BCUT2D eigenvalue weighted by molar-refractivity contribution is 7.20. The van der Waals surface area contributed by atoms with Gasteiger partial charge in [0.15, 0.2) is 8.07 Å². The van der Waals surface area contributed by atoms with Gasteiger partial charge in [-0.3, -0.25) is 0 Å². The maximum Gasteiger partial charge on any atom is 0.179 e. The van der Waals surface area contributed by atoms with Gasteiger partial charge in [-0.25, -0.2) is 0 Å². The highest BCUT2D eigenvalue weighted by atomic mass is 28.3. The molecule has 10 aromatic rings. The zero-order valence-corrected chi connectivity index (χ0v) is 30.8. The van der Waals surface area contributed by atoms with E-state index in [0.29, 0.717) is 11.1 Å². The Morgan fingerprint density at radius 2 is 0.764 bits per heavy atom. The molecule has 2 heterocycles. The van der Waals surface area contributed by atoms with Crippen LogP contribution < -0.4 is 20.7 Å². The molecule has 0 aliphatic heterocycles. The third-order valence-electron chi connectivity index (χ3n) is 11.1. The molecule has 0 saturated carbocycles. The summed E-state index contributed by atoms with van der Waals surface area (Å²) in [6.45, 7) is 0. The third-order valence-corrected chi connectivity index (χ3v) is 15.8. The number of nitrogens with zero attached hydrogens (tertiary/aromatic N) is 4. The number of benzene rings is 8. The second-order valence-electron chi connectivity index (χ2n) is 14.0. The minimum absolute atomic E-state index is 0.589. The first kappa shape index (κ1) is 32.2. The number of hydrogen-bond donors (Lipinski definition) is 0. The molecule has 0 atom stereocenters. The lowest BCUT2D eigenvalue weighted by atomic mass is 10.1. The fourth-order valence-corrected chi connectivity index (χ4v) is 13.5. The summed E-state index contributed by atoms with van der Waals surface area (Å²) in [4.78, 5) is 0. The van der Waals surface area contributed by atoms with E-state index in [4.69, 9.17) is 0 Å². The van der Waals surface area contributed by atoms with E-state index >= 15 is 0 Å². The van der Waals surface area contributed by atoms with E-state index in [1.54, 1.807) is 0 Å². The number of aromatic nitrogens is 2. The fourth-order valence-electron chi connectivity index (χ4n) is 8.76. The maximum atomic E-state index is 9.82. The molecule has 0 fully saturated rings. The Bertz CT molecular complexity index is 3050. The molecule has 8 aromatic carbocycles. The normalized spacial score (nSPS) is 11.6. The van der Waals surface area contributed by atoms with Crippen molar-refractivity contribution in [3.05, 3.63) is 205 Å². The SMILES string of the molecule is N#Cc1ccc2c(c1)c1cc(C#N)ccc1n2-c1cccc([Si](c2ccccc2)(c2ccccc2)c2ccc3c(c2)c2ccccc2n3-c2ccccc2)c1. The smallest absolute Gasteiger partial charge is 0.179 e. The van der Waals surface area contributed by atoms with Crippen molar-refractivity contribution in [1.82, 2.24) is 9.13 Å². The molecule has 0 saturated heterocycles. The molecule has 0 aliphatic carbocycles. The van der Waals surface area contributed by atoms with Gasteiger partial charge in [0.2, 0.25) is 0 Å². The van der Waals surface area contributed by atoms with Crippen molar-refractivity contribution in [2.75, 3.05) is 0 Å². The molecule has 0 bridgehead atoms. The molecular formula is C50H32N4Si. The molecule has 5 heteroatoms. The van der Waals surface area contributed by atoms with Crippen LogP contribution in [0.15, 0.2) is 194 Å². The third kappa shape index (κ3) is 4.96. The average molecular weight is 717 g/mol. The Morgan fingerprint density at radius 1 is 0.327 bits per heavy atom. The van der Waals surface area contributed by atoms with Crippen molar-refractivity contribution in [1.29, 1.82) is 10.5 Å². The molecule has 0 N–H and O–H groups in total. The first-order chi connectivity index (χ1) is 27.2. The van der Waals surface area contributed by atoms with E-state index in [9.17, 15) is 10.5 Å². The van der Waals surface area contributed by atoms with E-state index in [2.05, 4.69) is 179 Å². The molecule has 0 amide bonds. The summed E-state index contributed by atoms with van der Waals surface area (Å²) in [6, 6.07) is 73.9. The van der Waals surface area contributed by atoms with Crippen LogP contribution >= 0.6 is 0 Å². The van der Waals surface area contributed by atoms with Gasteiger partial charge in [-0.2, -0.15) is 10.5 Å². The Kier molecular flexibility index (Phi) is 7.56. The lowest BCUT2D eigenvalue weighted by molar-refractivity contribution is 1.18. The Morgan fingerprint density at radius 3 is 1.36 bits per heavy atom. The molecule has 4 nitrogen and oxygen atoms in total. The molecule has 55 heavy (non-hydrogen) atoms. The summed E-state index contributed by atoms with van der Waals surface area (Å²) in [5.41, 5.74) is 7.67. The molecule has 0 aliphatic rings. The van der Waals surface area contributed by atoms with Crippen LogP contribution in [0.25, 0.3) is 55.0 Å². The zero-order chi connectivity index (χ0) is 36.9. The Labute approximate surface area is 319 Å². The first-order valence-electron chi connectivity index (χ1n) is 18.4. The van der Waals surface area contributed by atoms with Crippen molar-refractivity contribution in [2.24, 2.45) is 0 Å². The number of hydrogen-bond acceptors (Lipinski definition) is 2. The van der Waals surface area contributed by atoms with E-state index in [1.807, 2.05) is 36.4 Å². The van der Waals surface area contributed by atoms with E-state index in [-0.39, 0.29) is 0 Å². The maximum absolute atomic E-state index is 9.82. The minimum Gasteiger partial charge on any atom is -0.309 e. The minimum atomic E-state index is -2.99. The van der Waals surface area contributed by atoms with Gasteiger partial charge in [0.1, 0.15) is 0 Å². The number of nitriles is 2. The largest absolute Gasteiger partial charge is 0.309 e. The van der Waals surface area contributed by atoms with Crippen LogP contribution in [0.3, 0.4) is 0 Å². The van der Waals surface area contributed by atoms with Crippen molar-refractivity contribution >= 4 is 72.4 Å². The van der Waals surface area contributed by atoms with Crippen LogP contribution in [0, 0.1) is 22.7 Å². The first-order valence-corrected chi connectivity index (χ1v) is 20.4. The fraction of sp³-hybridized carbons (Fsp3) is 0. The molecule has 256 valence electrons. The molecule has 0 radical (unpaired) electrons. The average Bonchev–Trinajstić information content (AvgIpc) is 3.77. The summed E-state index contributed by atoms with van der Waals surface area (Å²) in [5.74, 6) is 0. The molecule has 2 aromatic heterocycles. The molecule has 10 rings (SSSR count). The van der Waals surface area contributed by atoms with Crippen LogP contribution in [0.2, 0.25) is 0 Å². The number of para-hydroxylation sites is 2. The predicted molar refractivity (Wildman–Crippen MR) is 228 cm³/mol. The predicted octanol–water partition coefficient (Wildman–Crippen LogP) is 9.00. The monoisotopic (exact) mass is 716 g/mol. The molecular weight excluding hydrogens is 685 g/mol. The summed E-state index contributed by atoms with van der Waals surface area (Å²) in [5, 5.41) is 29.1. The summed E-state index contributed by atoms with van der Waals surface area (Å²) >= 11 is 0. The second kappa shape index (κ2) is 12.9. The van der Waals surface area contributed by atoms with Gasteiger partial charge in [-0.05, 0) is 93.5 Å². The topological polar surface area (TPSA) is 57.4 Å². The van der Waals surface area contributed by atoms with E-state index < -0.39 is 8.07 Å². The standard InChI is InChI=1S/C50H32N4Si/c51-33-35-23-26-48-44(29-35)45-30-36(34-52)24-27-49(45)54(48)38-15-12-20-41(31-38)55(39-16-6-2-7-17-39,40-18-8-3-9-19-40)42-25-28-50-46(32-42)43-21-10-11-22-47(43)53(50)37-13-4-1-5-14-37/h1-32H. The Hall–Kier alpha value is -7.44. The highest BCUT2D eigenvalue weighted by Gasteiger charge is 2.42. The van der Waals surface area contributed by atoms with Gasteiger partial charge in [0, 0.05) is 32.9 Å². The molecule has 0 unspecified atom stereocenters. The quantitative estimate of drug-likeness (QED) is 0.127. The van der Waals surface area contributed by atoms with Gasteiger partial charge in [0.05, 0.1) is 45.3 Å². The summed E-state index contributed by atoms with van der Waals surface area (Å²) < 4.78 is 4.66. The van der Waals surface area contributed by atoms with Crippen molar-refractivity contribution in [3.8, 4) is 23.5 Å². The van der Waals surface area contributed by atoms with Gasteiger partial charge < -0.3 is 9.13 Å². The van der Waals surface area contributed by atoms with E-state index in [1.165, 1.54) is 42.6 Å². The highest BCUT2D eigenvalue weighted by Crippen LogP contribution is 2.34. The zero-order valence-electron chi connectivity index (χ0n) is 29.8. The Balaban J connectivity index is 1.29. The van der Waals surface area contributed by atoms with Crippen LogP contribution in [0.1, 0.15) is 11.1 Å². The van der Waals surface area contributed by atoms with Gasteiger partial charge in [-0.15, -0.1) is 0 Å².